The molecule has 2 amide bonds. The summed E-state index contributed by atoms with van der Waals surface area (Å²) < 4.78 is 5.53. The van der Waals surface area contributed by atoms with Crippen molar-refractivity contribution in [2.45, 2.75) is 44.6 Å². The molecule has 0 N–H and O–H groups in total. The first-order valence-electron chi connectivity index (χ1n) is 7.86. The van der Waals surface area contributed by atoms with Gasteiger partial charge in [0.25, 0.3) is 0 Å². The Morgan fingerprint density at radius 2 is 2.14 bits per heavy atom. The fraction of sp³-hybridized carbons (Fsp3) is 0.625. The number of hydrogen-bond acceptors (Lipinski definition) is 3. The van der Waals surface area contributed by atoms with Gasteiger partial charge in [-0.25, -0.2) is 0 Å². The molecule has 5 nitrogen and oxygen atoms in total. The lowest BCUT2D eigenvalue weighted by Gasteiger charge is -2.30. The Morgan fingerprint density at radius 3 is 2.86 bits per heavy atom. The van der Waals surface area contributed by atoms with Crippen LogP contribution in [0, 0.1) is 0 Å². The fourth-order valence-electron chi connectivity index (χ4n) is 3.31. The standard InChI is InChI=1S/C16H22N2O3/c19-15-8-4-9-17(15)12-16(20)18-10-3-1-2-6-13(18)14-7-5-11-21-14/h5,7,11,13H,1-4,6,8-10,12H2. The number of carbonyl (C=O) groups excluding carboxylic acids is 2. The minimum Gasteiger partial charge on any atom is -0.467 e. The summed E-state index contributed by atoms with van der Waals surface area (Å²) >= 11 is 0. The average Bonchev–Trinajstić information content (AvgIpc) is 3.07. The van der Waals surface area contributed by atoms with Crippen molar-refractivity contribution in [3.63, 3.8) is 0 Å². The number of rotatable bonds is 3. The first kappa shape index (κ1) is 14.2. The molecule has 3 rings (SSSR count). The summed E-state index contributed by atoms with van der Waals surface area (Å²) in [4.78, 5) is 28.0. The molecule has 2 saturated heterocycles. The second kappa shape index (κ2) is 6.33. The minimum absolute atomic E-state index is 0.0210. The average molecular weight is 290 g/mol. The number of hydrogen-bond donors (Lipinski definition) is 0. The van der Waals surface area contributed by atoms with Crippen molar-refractivity contribution in [3.05, 3.63) is 24.2 Å². The Balaban J connectivity index is 1.72. The zero-order valence-electron chi connectivity index (χ0n) is 12.3. The highest BCUT2D eigenvalue weighted by molar-refractivity contribution is 5.86. The van der Waals surface area contributed by atoms with Gasteiger partial charge in [-0.15, -0.1) is 0 Å². The summed E-state index contributed by atoms with van der Waals surface area (Å²) in [7, 11) is 0. The minimum atomic E-state index is 0.0210. The van der Waals surface area contributed by atoms with E-state index in [1.807, 2.05) is 17.0 Å². The van der Waals surface area contributed by atoms with Gasteiger partial charge in [-0.05, 0) is 31.4 Å². The summed E-state index contributed by atoms with van der Waals surface area (Å²) in [6, 6.07) is 3.83. The van der Waals surface area contributed by atoms with E-state index in [9.17, 15) is 9.59 Å². The molecule has 114 valence electrons. The predicted octanol–water partition coefficient (Wildman–Crippen LogP) is 2.35. The monoisotopic (exact) mass is 290 g/mol. The maximum absolute atomic E-state index is 12.6. The molecule has 0 radical (unpaired) electrons. The van der Waals surface area contributed by atoms with Crippen LogP contribution in [0.5, 0.6) is 0 Å². The van der Waals surface area contributed by atoms with E-state index < -0.39 is 0 Å². The lowest BCUT2D eigenvalue weighted by atomic mass is 10.1. The highest BCUT2D eigenvalue weighted by Gasteiger charge is 2.31. The maximum atomic E-state index is 12.6. The normalized spacial score (nSPS) is 23.4. The van der Waals surface area contributed by atoms with Crippen LogP contribution >= 0.6 is 0 Å². The van der Waals surface area contributed by atoms with Gasteiger partial charge in [0, 0.05) is 19.5 Å². The zero-order valence-corrected chi connectivity index (χ0v) is 12.3. The topological polar surface area (TPSA) is 53.8 Å². The third-order valence-electron chi connectivity index (χ3n) is 4.44. The van der Waals surface area contributed by atoms with Crippen LogP contribution < -0.4 is 0 Å². The van der Waals surface area contributed by atoms with Crippen LogP contribution in [0.1, 0.15) is 50.3 Å². The van der Waals surface area contributed by atoms with Crippen LogP contribution in [0.15, 0.2) is 22.8 Å². The zero-order chi connectivity index (χ0) is 14.7. The van der Waals surface area contributed by atoms with E-state index in [4.69, 9.17) is 4.42 Å². The highest BCUT2D eigenvalue weighted by Crippen LogP contribution is 2.30. The van der Waals surface area contributed by atoms with Crippen LogP contribution in [-0.2, 0) is 9.59 Å². The number of likely N-dealkylation sites (tertiary alicyclic amines) is 2. The van der Waals surface area contributed by atoms with E-state index in [-0.39, 0.29) is 24.4 Å². The molecule has 2 fully saturated rings. The Bertz CT molecular complexity index is 498. The molecule has 1 aromatic heterocycles. The molecule has 21 heavy (non-hydrogen) atoms. The molecule has 0 aromatic carbocycles. The molecule has 1 atom stereocenters. The van der Waals surface area contributed by atoms with Gasteiger partial charge in [0.2, 0.25) is 11.8 Å². The van der Waals surface area contributed by atoms with E-state index in [0.29, 0.717) is 13.0 Å². The first-order valence-corrected chi connectivity index (χ1v) is 7.86. The molecular weight excluding hydrogens is 268 g/mol. The molecule has 0 aliphatic carbocycles. The van der Waals surface area contributed by atoms with E-state index in [1.54, 1.807) is 11.2 Å². The van der Waals surface area contributed by atoms with Gasteiger partial charge in [-0.3, -0.25) is 9.59 Å². The first-order chi connectivity index (χ1) is 10.3. The van der Waals surface area contributed by atoms with Crippen LogP contribution in [-0.4, -0.2) is 41.2 Å². The van der Waals surface area contributed by atoms with Gasteiger partial charge in [0.1, 0.15) is 5.76 Å². The second-order valence-electron chi connectivity index (χ2n) is 5.89. The van der Waals surface area contributed by atoms with Crippen molar-refractivity contribution in [2.75, 3.05) is 19.6 Å². The van der Waals surface area contributed by atoms with Crippen molar-refractivity contribution in [2.24, 2.45) is 0 Å². The smallest absolute Gasteiger partial charge is 0.242 e. The molecule has 5 heteroatoms. The van der Waals surface area contributed by atoms with Crippen molar-refractivity contribution < 1.29 is 14.0 Å². The van der Waals surface area contributed by atoms with E-state index in [1.165, 1.54) is 0 Å². The Morgan fingerprint density at radius 1 is 1.24 bits per heavy atom. The molecule has 3 heterocycles. The molecule has 2 aliphatic rings. The van der Waals surface area contributed by atoms with Crippen molar-refractivity contribution in [1.82, 2.24) is 9.80 Å². The van der Waals surface area contributed by atoms with Gasteiger partial charge < -0.3 is 14.2 Å². The number of furan rings is 1. The quantitative estimate of drug-likeness (QED) is 0.858. The molecule has 0 bridgehead atoms. The molecule has 1 unspecified atom stereocenters. The SMILES string of the molecule is O=C1CCCN1CC(=O)N1CCCCCC1c1ccco1. The van der Waals surface area contributed by atoms with Crippen LogP contribution in [0.3, 0.4) is 0 Å². The van der Waals surface area contributed by atoms with Gasteiger partial charge in [0.05, 0.1) is 18.8 Å². The molecule has 1 aromatic rings. The predicted molar refractivity (Wildman–Crippen MR) is 77.4 cm³/mol. The number of amides is 2. The van der Waals surface area contributed by atoms with Crippen LogP contribution in [0.4, 0.5) is 0 Å². The van der Waals surface area contributed by atoms with Crippen molar-refractivity contribution >= 4 is 11.8 Å². The summed E-state index contributed by atoms with van der Waals surface area (Å²) in [5, 5.41) is 0. The summed E-state index contributed by atoms with van der Waals surface area (Å²) in [6.07, 6.45) is 7.32. The maximum Gasteiger partial charge on any atom is 0.242 e. The van der Waals surface area contributed by atoms with Crippen molar-refractivity contribution in [3.8, 4) is 0 Å². The van der Waals surface area contributed by atoms with Gasteiger partial charge in [-0.1, -0.05) is 12.8 Å². The van der Waals surface area contributed by atoms with Crippen molar-refractivity contribution in [1.29, 1.82) is 0 Å². The number of nitrogens with zero attached hydrogens (tertiary/aromatic N) is 2. The Kier molecular flexibility index (Phi) is 4.27. The van der Waals surface area contributed by atoms with E-state index >= 15 is 0 Å². The molecular formula is C16H22N2O3. The molecule has 0 spiro atoms. The van der Waals surface area contributed by atoms with E-state index in [0.717, 1.165) is 44.4 Å². The number of carbonyl (C=O) groups is 2. The molecule has 2 aliphatic heterocycles. The van der Waals surface area contributed by atoms with Gasteiger partial charge >= 0.3 is 0 Å². The van der Waals surface area contributed by atoms with Gasteiger partial charge in [0.15, 0.2) is 0 Å². The van der Waals surface area contributed by atoms with Crippen LogP contribution in [0.2, 0.25) is 0 Å². The van der Waals surface area contributed by atoms with E-state index in [2.05, 4.69) is 0 Å². The third kappa shape index (κ3) is 3.12. The highest BCUT2D eigenvalue weighted by atomic mass is 16.3. The fourth-order valence-corrected chi connectivity index (χ4v) is 3.31. The molecule has 0 saturated carbocycles. The lowest BCUT2D eigenvalue weighted by Crippen LogP contribution is -2.42. The summed E-state index contributed by atoms with van der Waals surface area (Å²) in [6.45, 7) is 1.69. The van der Waals surface area contributed by atoms with Gasteiger partial charge in [-0.2, -0.15) is 0 Å². The Hall–Kier alpha value is -1.78. The second-order valence-corrected chi connectivity index (χ2v) is 5.89. The summed E-state index contributed by atoms with van der Waals surface area (Å²) in [5.74, 6) is 1.01. The van der Waals surface area contributed by atoms with Crippen LogP contribution in [0.25, 0.3) is 0 Å². The summed E-state index contributed by atoms with van der Waals surface area (Å²) in [5.41, 5.74) is 0. The third-order valence-corrected chi connectivity index (χ3v) is 4.44. The Labute approximate surface area is 124 Å². The largest absolute Gasteiger partial charge is 0.467 e. The lowest BCUT2D eigenvalue weighted by molar-refractivity contribution is -0.140.